The lowest BCUT2D eigenvalue weighted by molar-refractivity contribution is 0.374. The minimum Gasteiger partial charge on any atom is -0.467 e. The minimum atomic E-state index is 0.196. The number of unbranched alkanes of at least 4 members (excludes halogenated alkanes) is 3. The standard InChI is InChI=1S/C14H20N6O.C6H14.C2H6.C2H4/c1-21-14-18-12-8-16-5-3-11(12)13(19-14)20-7-6-17-10(9-20)2-4-15;1-3-5-6-4-2;2*1-2/h10,16-17H,2-3,5-9H2,1H3;3-6H2,1-2H3;1-2H3;1-2H2. The SMILES string of the molecule is C=C.CC.CCCCCC.COc1nc2c(c(N3CCNC(CC#N)C3)n1)CCNC2. The molecular weight excluding hydrogens is 388 g/mol. The number of methoxy groups -OCH3 is 1. The molecule has 0 aliphatic carbocycles. The maximum absolute atomic E-state index is 8.89. The molecule has 3 heterocycles. The van der Waals surface area contributed by atoms with E-state index in [9.17, 15) is 0 Å². The van der Waals surface area contributed by atoms with Crippen LogP contribution in [0.3, 0.4) is 0 Å². The smallest absolute Gasteiger partial charge is 0.318 e. The monoisotopic (exact) mass is 432 g/mol. The van der Waals surface area contributed by atoms with Crippen molar-refractivity contribution in [1.29, 1.82) is 5.26 Å². The van der Waals surface area contributed by atoms with Crippen molar-refractivity contribution >= 4 is 5.82 Å². The number of fused-ring (bicyclic) bond motifs is 1. The van der Waals surface area contributed by atoms with Gasteiger partial charge in [0, 0.05) is 37.8 Å². The normalized spacial score (nSPS) is 16.6. The lowest BCUT2D eigenvalue weighted by atomic mass is 10.1. The lowest BCUT2D eigenvalue weighted by Crippen LogP contribution is -2.51. The van der Waals surface area contributed by atoms with Gasteiger partial charge in [-0.05, 0) is 13.0 Å². The number of hydrogen-bond donors (Lipinski definition) is 2. The average molecular weight is 433 g/mol. The highest BCUT2D eigenvalue weighted by Gasteiger charge is 2.26. The molecule has 2 aliphatic heterocycles. The summed E-state index contributed by atoms with van der Waals surface area (Å²) in [7, 11) is 1.60. The third kappa shape index (κ3) is 10.1. The summed E-state index contributed by atoms with van der Waals surface area (Å²) in [6.45, 7) is 18.7. The number of piperazine rings is 1. The minimum absolute atomic E-state index is 0.196. The van der Waals surface area contributed by atoms with Crippen LogP contribution in [0.1, 0.15) is 71.1 Å². The van der Waals surface area contributed by atoms with Gasteiger partial charge in [0.2, 0.25) is 0 Å². The zero-order valence-electron chi connectivity index (χ0n) is 20.5. The third-order valence-electron chi connectivity index (χ3n) is 4.93. The molecule has 1 atom stereocenters. The first-order valence-corrected chi connectivity index (χ1v) is 11.7. The largest absolute Gasteiger partial charge is 0.467 e. The van der Waals surface area contributed by atoms with Crippen LogP contribution in [-0.4, -0.2) is 49.3 Å². The molecule has 2 aliphatic rings. The maximum atomic E-state index is 8.89. The Labute approximate surface area is 190 Å². The van der Waals surface area contributed by atoms with Gasteiger partial charge >= 0.3 is 6.01 Å². The first kappa shape index (κ1) is 28.8. The summed E-state index contributed by atoms with van der Waals surface area (Å²) in [6.07, 6.45) is 6.98. The number of aromatic nitrogens is 2. The van der Waals surface area contributed by atoms with Gasteiger partial charge in [0.05, 0.1) is 25.3 Å². The molecular formula is C24H44N6O. The van der Waals surface area contributed by atoms with Crippen molar-refractivity contribution in [3.63, 3.8) is 0 Å². The van der Waals surface area contributed by atoms with Gasteiger partial charge in [-0.1, -0.05) is 53.4 Å². The van der Waals surface area contributed by atoms with Gasteiger partial charge in [0.1, 0.15) is 5.82 Å². The molecule has 31 heavy (non-hydrogen) atoms. The zero-order chi connectivity index (χ0) is 23.5. The maximum Gasteiger partial charge on any atom is 0.318 e. The molecule has 0 saturated carbocycles. The second kappa shape index (κ2) is 18.6. The summed E-state index contributed by atoms with van der Waals surface area (Å²) < 4.78 is 5.24. The van der Waals surface area contributed by atoms with Crippen molar-refractivity contribution in [2.45, 2.75) is 78.8 Å². The van der Waals surface area contributed by atoms with Gasteiger partial charge in [0.15, 0.2) is 0 Å². The van der Waals surface area contributed by atoms with E-state index in [0.29, 0.717) is 12.4 Å². The molecule has 0 spiro atoms. The molecule has 1 unspecified atom stereocenters. The fourth-order valence-electron chi connectivity index (χ4n) is 3.44. The van der Waals surface area contributed by atoms with E-state index in [0.717, 1.165) is 50.7 Å². The van der Waals surface area contributed by atoms with Crippen molar-refractivity contribution in [3.05, 3.63) is 24.4 Å². The van der Waals surface area contributed by atoms with Crippen LogP contribution < -0.4 is 20.3 Å². The molecule has 1 saturated heterocycles. The number of rotatable bonds is 6. The van der Waals surface area contributed by atoms with E-state index in [1.807, 2.05) is 13.8 Å². The van der Waals surface area contributed by atoms with Gasteiger partial charge in [-0.3, -0.25) is 0 Å². The van der Waals surface area contributed by atoms with Crippen LogP contribution in [0, 0.1) is 11.3 Å². The second-order valence-electron chi connectivity index (χ2n) is 7.05. The van der Waals surface area contributed by atoms with Gasteiger partial charge in [-0.15, -0.1) is 13.2 Å². The van der Waals surface area contributed by atoms with E-state index in [4.69, 9.17) is 10.00 Å². The Balaban J connectivity index is 0.000000771. The molecule has 1 aromatic rings. The third-order valence-corrected chi connectivity index (χ3v) is 4.93. The van der Waals surface area contributed by atoms with Gasteiger partial charge in [-0.25, -0.2) is 0 Å². The summed E-state index contributed by atoms with van der Waals surface area (Å²) in [5.41, 5.74) is 2.24. The highest BCUT2D eigenvalue weighted by Crippen LogP contribution is 2.27. The number of ether oxygens (including phenoxy) is 1. The van der Waals surface area contributed by atoms with E-state index in [-0.39, 0.29) is 6.04 Å². The van der Waals surface area contributed by atoms with E-state index in [1.165, 1.54) is 31.2 Å². The molecule has 3 rings (SSSR count). The van der Waals surface area contributed by atoms with Crippen LogP contribution in [0.5, 0.6) is 6.01 Å². The number of anilines is 1. The Bertz CT molecular complexity index is 627. The molecule has 0 aromatic carbocycles. The average Bonchev–Trinajstić information content (AvgIpc) is 2.85. The molecule has 2 N–H and O–H groups in total. The van der Waals surface area contributed by atoms with Crippen LogP contribution in [0.15, 0.2) is 13.2 Å². The van der Waals surface area contributed by atoms with Crippen molar-refractivity contribution < 1.29 is 4.74 Å². The van der Waals surface area contributed by atoms with Gasteiger partial charge in [0.25, 0.3) is 0 Å². The van der Waals surface area contributed by atoms with Crippen molar-refractivity contribution in [2.24, 2.45) is 0 Å². The summed E-state index contributed by atoms with van der Waals surface area (Å²) >= 11 is 0. The quantitative estimate of drug-likeness (QED) is 0.514. The fraction of sp³-hybridized carbons (Fsp3) is 0.708. The number of nitrogens with one attached hydrogen (secondary N) is 2. The van der Waals surface area contributed by atoms with E-state index >= 15 is 0 Å². The Morgan fingerprint density at radius 2 is 1.84 bits per heavy atom. The van der Waals surface area contributed by atoms with Crippen molar-refractivity contribution in [1.82, 2.24) is 20.6 Å². The predicted octanol–water partition coefficient (Wildman–Crippen LogP) is 4.24. The summed E-state index contributed by atoms with van der Waals surface area (Å²) in [6, 6.07) is 2.85. The van der Waals surface area contributed by atoms with Gasteiger partial charge < -0.3 is 20.3 Å². The number of nitrogens with zero attached hydrogens (tertiary/aromatic N) is 4. The second-order valence-corrected chi connectivity index (χ2v) is 7.05. The summed E-state index contributed by atoms with van der Waals surface area (Å²) in [5, 5.41) is 15.6. The van der Waals surface area contributed by atoms with Crippen LogP contribution in [-0.2, 0) is 13.0 Å². The fourth-order valence-corrected chi connectivity index (χ4v) is 3.44. The molecule has 176 valence electrons. The highest BCUT2D eigenvalue weighted by molar-refractivity contribution is 5.51. The van der Waals surface area contributed by atoms with E-state index in [1.54, 1.807) is 7.11 Å². The molecule has 1 fully saturated rings. The molecule has 1 aromatic heterocycles. The zero-order valence-corrected chi connectivity index (χ0v) is 20.5. The highest BCUT2D eigenvalue weighted by atomic mass is 16.5. The molecule has 7 heteroatoms. The Morgan fingerprint density at radius 3 is 2.42 bits per heavy atom. The number of nitriles is 1. The molecule has 0 radical (unpaired) electrons. The van der Waals surface area contributed by atoms with Crippen molar-refractivity contribution in [3.8, 4) is 12.1 Å². The van der Waals surface area contributed by atoms with Crippen LogP contribution >= 0.6 is 0 Å². The molecule has 7 nitrogen and oxygen atoms in total. The molecule has 0 amide bonds. The Morgan fingerprint density at radius 1 is 1.16 bits per heavy atom. The predicted molar refractivity (Wildman–Crippen MR) is 131 cm³/mol. The van der Waals surface area contributed by atoms with Crippen LogP contribution in [0.4, 0.5) is 5.82 Å². The molecule has 0 bridgehead atoms. The van der Waals surface area contributed by atoms with E-state index in [2.05, 4.69) is 58.6 Å². The van der Waals surface area contributed by atoms with Crippen LogP contribution in [0.2, 0.25) is 0 Å². The van der Waals surface area contributed by atoms with Gasteiger partial charge in [-0.2, -0.15) is 15.2 Å². The lowest BCUT2D eigenvalue weighted by Gasteiger charge is -2.35. The first-order valence-electron chi connectivity index (χ1n) is 11.7. The van der Waals surface area contributed by atoms with Crippen molar-refractivity contribution in [2.75, 3.05) is 38.2 Å². The number of hydrogen-bond acceptors (Lipinski definition) is 7. The Kier molecular flexibility index (Phi) is 17.3. The summed E-state index contributed by atoms with van der Waals surface area (Å²) in [5.74, 6) is 0.975. The first-order chi connectivity index (χ1) is 15.2. The summed E-state index contributed by atoms with van der Waals surface area (Å²) in [4.78, 5) is 11.3. The topological polar surface area (TPSA) is 86.1 Å². The van der Waals surface area contributed by atoms with E-state index < -0.39 is 0 Å². The van der Waals surface area contributed by atoms with Crippen LogP contribution in [0.25, 0.3) is 0 Å². The Hall–Kier alpha value is -2.17.